The van der Waals surface area contributed by atoms with Crippen LogP contribution in [0.15, 0.2) is 18.6 Å². The van der Waals surface area contributed by atoms with E-state index in [4.69, 9.17) is 4.74 Å². The maximum absolute atomic E-state index is 12.4. The molecule has 1 aromatic rings. The monoisotopic (exact) mass is 250 g/mol. The van der Waals surface area contributed by atoms with Crippen LogP contribution in [0.1, 0.15) is 12.8 Å². The van der Waals surface area contributed by atoms with Gasteiger partial charge in [0.2, 0.25) is 5.91 Å². The lowest BCUT2D eigenvalue weighted by Crippen LogP contribution is -2.47. The van der Waals surface area contributed by atoms with Crippen LogP contribution in [0.4, 0.5) is 5.82 Å². The molecule has 6 nitrogen and oxygen atoms in total. The fraction of sp³-hybridized carbons (Fsp3) is 0.583. The lowest BCUT2D eigenvalue weighted by atomic mass is 9.78. The third-order valence-electron chi connectivity index (χ3n) is 3.27. The quantitative estimate of drug-likeness (QED) is 0.810. The molecule has 1 fully saturated rings. The van der Waals surface area contributed by atoms with Gasteiger partial charge in [-0.2, -0.15) is 0 Å². The standard InChI is InChI=1S/C12H18N4O2/c1-18-9-12(2-4-13-5-3-12)11(17)16-10-8-14-6-7-15-10/h6-8,13H,2-5,9H2,1H3,(H,15,16,17). The summed E-state index contributed by atoms with van der Waals surface area (Å²) in [5.41, 5.74) is -0.461. The number of methoxy groups -OCH3 is 1. The molecule has 2 N–H and O–H groups in total. The molecule has 1 aliphatic heterocycles. The summed E-state index contributed by atoms with van der Waals surface area (Å²) in [7, 11) is 1.62. The molecule has 1 amide bonds. The third-order valence-corrected chi connectivity index (χ3v) is 3.27. The smallest absolute Gasteiger partial charge is 0.234 e. The number of amides is 1. The first-order valence-electron chi connectivity index (χ1n) is 6.04. The predicted octanol–water partition coefficient (Wildman–Crippen LogP) is 0.431. The Kier molecular flexibility index (Phi) is 4.22. The zero-order valence-electron chi connectivity index (χ0n) is 10.5. The fourth-order valence-corrected chi connectivity index (χ4v) is 2.23. The maximum atomic E-state index is 12.4. The summed E-state index contributed by atoms with van der Waals surface area (Å²) in [5.74, 6) is 0.447. The molecular formula is C12H18N4O2. The van der Waals surface area contributed by atoms with Crippen LogP contribution in [0.25, 0.3) is 0 Å². The van der Waals surface area contributed by atoms with Gasteiger partial charge in [-0.25, -0.2) is 4.98 Å². The first-order valence-corrected chi connectivity index (χ1v) is 6.04. The summed E-state index contributed by atoms with van der Waals surface area (Å²) >= 11 is 0. The second-order valence-electron chi connectivity index (χ2n) is 4.51. The molecule has 0 saturated carbocycles. The van der Waals surface area contributed by atoms with E-state index in [1.807, 2.05) is 0 Å². The summed E-state index contributed by atoms with van der Waals surface area (Å²) in [6, 6.07) is 0. The minimum absolute atomic E-state index is 0.0358. The molecule has 0 spiro atoms. The topological polar surface area (TPSA) is 76.1 Å². The fourth-order valence-electron chi connectivity index (χ4n) is 2.23. The van der Waals surface area contributed by atoms with Crippen molar-refractivity contribution in [2.75, 3.05) is 32.1 Å². The first kappa shape index (κ1) is 12.9. The average Bonchev–Trinajstić information content (AvgIpc) is 2.41. The SMILES string of the molecule is COCC1(C(=O)Nc2cnccn2)CCNCC1. The van der Waals surface area contributed by atoms with E-state index in [0.717, 1.165) is 25.9 Å². The van der Waals surface area contributed by atoms with Gasteiger partial charge in [-0.15, -0.1) is 0 Å². The van der Waals surface area contributed by atoms with Crippen molar-refractivity contribution < 1.29 is 9.53 Å². The lowest BCUT2D eigenvalue weighted by molar-refractivity contribution is -0.130. The predicted molar refractivity (Wildman–Crippen MR) is 67.1 cm³/mol. The van der Waals surface area contributed by atoms with Gasteiger partial charge in [0.15, 0.2) is 5.82 Å². The number of nitrogens with zero attached hydrogens (tertiary/aromatic N) is 2. The molecule has 0 bridgehead atoms. The van der Waals surface area contributed by atoms with E-state index in [1.165, 1.54) is 0 Å². The van der Waals surface area contributed by atoms with Crippen molar-refractivity contribution in [3.63, 3.8) is 0 Å². The van der Waals surface area contributed by atoms with Gasteiger partial charge in [0, 0.05) is 19.5 Å². The van der Waals surface area contributed by atoms with Crippen LogP contribution in [-0.4, -0.2) is 42.7 Å². The number of carbonyl (C=O) groups excluding carboxylic acids is 1. The summed E-state index contributed by atoms with van der Waals surface area (Å²) in [5, 5.41) is 6.07. The largest absolute Gasteiger partial charge is 0.384 e. The van der Waals surface area contributed by atoms with Gasteiger partial charge < -0.3 is 15.4 Å². The van der Waals surface area contributed by atoms with Crippen molar-refractivity contribution in [3.05, 3.63) is 18.6 Å². The number of piperidine rings is 1. The molecule has 0 aromatic carbocycles. The van der Waals surface area contributed by atoms with E-state index >= 15 is 0 Å². The first-order chi connectivity index (χ1) is 8.77. The molecular weight excluding hydrogens is 232 g/mol. The van der Waals surface area contributed by atoms with Crippen LogP contribution in [0.3, 0.4) is 0 Å². The van der Waals surface area contributed by atoms with E-state index in [0.29, 0.717) is 12.4 Å². The Morgan fingerprint density at radius 1 is 1.50 bits per heavy atom. The van der Waals surface area contributed by atoms with E-state index in [2.05, 4.69) is 20.6 Å². The van der Waals surface area contributed by atoms with Gasteiger partial charge in [0.25, 0.3) is 0 Å². The van der Waals surface area contributed by atoms with Gasteiger partial charge in [-0.1, -0.05) is 0 Å². The minimum Gasteiger partial charge on any atom is -0.384 e. The molecule has 0 atom stereocenters. The highest BCUT2D eigenvalue weighted by molar-refractivity contribution is 5.94. The number of hydrogen-bond acceptors (Lipinski definition) is 5. The molecule has 98 valence electrons. The zero-order chi connectivity index (χ0) is 12.8. The second kappa shape index (κ2) is 5.88. The Bertz CT molecular complexity index is 385. The minimum atomic E-state index is -0.461. The molecule has 1 aromatic heterocycles. The number of rotatable bonds is 4. The Morgan fingerprint density at radius 3 is 2.89 bits per heavy atom. The molecule has 0 unspecified atom stereocenters. The van der Waals surface area contributed by atoms with E-state index in [-0.39, 0.29) is 5.91 Å². The maximum Gasteiger partial charge on any atom is 0.234 e. The van der Waals surface area contributed by atoms with E-state index < -0.39 is 5.41 Å². The molecule has 0 radical (unpaired) electrons. The third kappa shape index (κ3) is 2.83. The Balaban J connectivity index is 2.08. The van der Waals surface area contributed by atoms with E-state index in [9.17, 15) is 4.79 Å². The summed E-state index contributed by atoms with van der Waals surface area (Å²) in [6.07, 6.45) is 6.21. The highest BCUT2D eigenvalue weighted by Crippen LogP contribution is 2.30. The van der Waals surface area contributed by atoms with Gasteiger partial charge in [-0.05, 0) is 25.9 Å². The summed E-state index contributed by atoms with van der Waals surface area (Å²) in [4.78, 5) is 20.4. The van der Waals surface area contributed by atoms with E-state index in [1.54, 1.807) is 25.7 Å². The number of carbonyl (C=O) groups is 1. The van der Waals surface area contributed by atoms with Crippen LogP contribution >= 0.6 is 0 Å². The highest BCUT2D eigenvalue weighted by Gasteiger charge is 2.39. The Morgan fingerprint density at radius 2 is 2.28 bits per heavy atom. The van der Waals surface area contributed by atoms with Gasteiger partial charge in [-0.3, -0.25) is 9.78 Å². The molecule has 1 saturated heterocycles. The highest BCUT2D eigenvalue weighted by atomic mass is 16.5. The van der Waals surface area contributed by atoms with Crippen LogP contribution in [0.5, 0.6) is 0 Å². The van der Waals surface area contributed by atoms with Crippen molar-refractivity contribution >= 4 is 11.7 Å². The van der Waals surface area contributed by atoms with Crippen LogP contribution < -0.4 is 10.6 Å². The average molecular weight is 250 g/mol. The number of hydrogen-bond donors (Lipinski definition) is 2. The van der Waals surface area contributed by atoms with Gasteiger partial charge in [0.05, 0.1) is 18.2 Å². The molecule has 2 rings (SSSR count). The Hall–Kier alpha value is -1.53. The van der Waals surface area contributed by atoms with Crippen molar-refractivity contribution in [2.24, 2.45) is 5.41 Å². The number of aromatic nitrogens is 2. The number of ether oxygens (including phenoxy) is 1. The van der Waals surface area contributed by atoms with Gasteiger partial charge >= 0.3 is 0 Å². The number of nitrogens with one attached hydrogen (secondary N) is 2. The summed E-state index contributed by atoms with van der Waals surface area (Å²) in [6.45, 7) is 2.09. The Labute approximate surface area is 106 Å². The molecule has 0 aliphatic carbocycles. The van der Waals surface area contributed by atoms with Gasteiger partial charge in [0.1, 0.15) is 0 Å². The van der Waals surface area contributed by atoms with Crippen molar-refractivity contribution in [1.82, 2.24) is 15.3 Å². The van der Waals surface area contributed by atoms with Crippen molar-refractivity contribution in [1.29, 1.82) is 0 Å². The van der Waals surface area contributed by atoms with Crippen LogP contribution in [0, 0.1) is 5.41 Å². The summed E-state index contributed by atoms with van der Waals surface area (Å²) < 4.78 is 5.22. The lowest BCUT2D eigenvalue weighted by Gasteiger charge is -2.35. The molecule has 6 heteroatoms. The molecule has 18 heavy (non-hydrogen) atoms. The van der Waals surface area contributed by atoms with Crippen LogP contribution in [-0.2, 0) is 9.53 Å². The number of anilines is 1. The zero-order valence-corrected chi connectivity index (χ0v) is 10.5. The molecule has 1 aliphatic rings. The normalized spacial score (nSPS) is 18.3. The molecule has 2 heterocycles. The van der Waals surface area contributed by atoms with Crippen molar-refractivity contribution in [2.45, 2.75) is 12.8 Å². The second-order valence-corrected chi connectivity index (χ2v) is 4.51. The van der Waals surface area contributed by atoms with Crippen molar-refractivity contribution in [3.8, 4) is 0 Å². The van der Waals surface area contributed by atoms with Crippen LogP contribution in [0.2, 0.25) is 0 Å².